The number of carbonyl (C=O) groups excluding carboxylic acids is 2. The Balaban J connectivity index is 2.12. The summed E-state index contributed by atoms with van der Waals surface area (Å²) in [6.07, 6.45) is 0.477. The highest BCUT2D eigenvalue weighted by Crippen LogP contribution is 2.25. The Hall–Kier alpha value is -1.76. The third-order valence-corrected chi connectivity index (χ3v) is 6.39. The van der Waals surface area contributed by atoms with Gasteiger partial charge in [0.25, 0.3) is 0 Å². The number of hydrogen-bond donors (Lipinski definition) is 1. The number of benzene rings is 2. The quantitative estimate of drug-likeness (QED) is 0.416. The Morgan fingerprint density at radius 3 is 2.41 bits per heavy atom. The van der Waals surface area contributed by atoms with Crippen LogP contribution in [0.25, 0.3) is 0 Å². The Labute approximate surface area is 203 Å². The van der Waals surface area contributed by atoms with Gasteiger partial charge in [-0.3, -0.25) is 9.59 Å². The summed E-state index contributed by atoms with van der Waals surface area (Å²) in [5, 5.41) is 4.04. The Morgan fingerprint density at radius 2 is 1.81 bits per heavy atom. The summed E-state index contributed by atoms with van der Waals surface area (Å²) in [6.45, 7) is 6.68. The molecule has 0 aliphatic rings. The summed E-state index contributed by atoms with van der Waals surface area (Å²) < 4.78 is 13.3. The molecule has 0 fully saturated rings. The van der Waals surface area contributed by atoms with Crippen LogP contribution in [0.4, 0.5) is 4.39 Å². The molecule has 0 bridgehead atoms. The van der Waals surface area contributed by atoms with E-state index in [1.54, 1.807) is 29.2 Å². The number of amides is 2. The highest BCUT2D eigenvalue weighted by molar-refractivity contribution is 7.99. The molecular formula is C24H29Cl2FN2O2S. The largest absolute Gasteiger partial charge is 0.354 e. The molecule has 4 nitrogen and oxygen atoms in total. The first-order valence-electron chi connectivity index (χ1n) is 10.5. The number of nitrogens with one attached hydrogen (secondary N) is 1. The number of carbonyl (C=O) groups is 2. The zero-order valence-corrected chi connectivity index (χ0v) is 20.9. The molecular weight excluding hydrogens is 470 g/mol. The van der Waals surface area contributed by atoms with E-state index in [9.17, 15) is 14.0 Å². The van der Waals surface area contributed by atoms with Crippen LogP contribution in [0.3, 0.4) is 0 Å². The maximum Gasteiger partial charge on any atom is 0.242 e. The highest BCUT2D eigenvalue weighted by atomic mass is 35.5. The van der Waals surface area contributed by atoms with Gasteiger partial charge in [-0.2, -0.15) is 0 Å². The van der Waals surface area contributed by atoms with Crippen LogP contribution in [0.1, 0.15) is 38.3 Å². The second-order valence-corrected chi connectivity index (χ2v) is 9.77. The average molecular weight is 499 g/mol. The molecule has 0 heterocycles. The summed E-state index contributed by atoms with van der Waals surface area (Å²) in [5.41, 5.74) is 1.65. The van der Waals surface area contributed by atoms with Crippen LogP contribution in [0, 0.1) is 11.7 Å². The summed E-state index contributed by atoms with van der Waals surface area (Å²) in [4.78, 5) is 27.6. The highest BCUT2D eigenvalue weighted by Gasteiger charge is 2.28. The van der Waals surface area contributed by atoms with Gasteiger partial charge in [0.05, 0.1) is 5.75 Å². The van der Waals surface area contributed by atoms with E-state index in [1.807, 2.05) is 26.8 Å². The Kier molecular flexibility index (Phi) is 10.8. The van der Waals surface area contributed by atoms with Gasteiger partial charge in [-0.1, -0.05) is 62.2 Å². The van der Waals surface area contributed by atoms with Gasteiger partial charge in [0, 0.05) is 28.9 Å². The molecule has 32 heavy (non-hydrogen) atoms. The van der Waals surface area contributed by atoms with E-state index in [-0.39, 0.29) is 29.9 Å². The molecule has 8 heteroatoms. The van der Waals surface area contributed by atoms with Crippen molar-refractivity contribution in [3.63, 3.8) is 0 Å². The molecule has 0 aromatic heterocycles. The number of thioether (sulfide) groups is 1. The van der Waals surface area contributed by atoms with E-state index in [1.165, 1.54) is 23.9 Å². The van der Waals surface area contributed by atoms with Crippen molar-refractivity contribution in [2.45, 2.75) is 45.5 Å². The normalized spacial score (nSPS) is 12.0. The van der Waals surface area contributed by atoms with Crippen molar-refractivity contribution in [2.24, 2.45) is 5.92 Å². The zero-order valence-electron chi connectivity index (χ0n) is 18.5. The molecule has 1 unspecified atom stereocenters. The predicted octanol–water partition coefficient (Wildman–Crippen LogP) is 5.95. The molecule has 0 aliphatic carbocycles. The lowest BCUT2D eigenvalue weighted by Gasteiger charge is -2.31. The summed E-state index contributed by atoms with van der Waals surface area (Å²) in [6, 6.07) is 10.7. The topological polar surface area (TPSA) is 49.4 Å². The van der Waals surface area contributed by atoms with Crippen molar-refractivity contribution in [2.75, 3.05) is 12.3 Å². The second-order valence-electron chi connectivity index (χ2n) is 7.94. The van der Waals surface area contributed by atoms with Gasteiger partial charge in [0.2, 0.25) is 11.8 Å². The molecule has 2 amide bonds. The van der Waals surface area contributed by atoms with Gasteiger partial charge < -0.3 is 10.2 Å². The lowest BCUT2D eigenvalue weighted by molar-refractivity contribution is -0.139. The molecule has 0 aliphatic heterocycles. The first kappa shape index (κ1) is 26.5. The molecule has 2 rings (SSSR count). The molecule has 1 N–H and O–H groups in total. The van der Waals surface area contributed by atoms with Crippen LogP contribution in [0.5, 0.6) is 0 Å². The fraction of sp³-hybridized carbons (Fsp3) is 0.417. The van der Waals surface area contributed by atoms with Gasteiger partial charge in [-0.15, -0.1) is 11.8 Å². The lowest BCUT2D eigenvalue weighted by atomic mass is 10.1. The van der Waals surface area contributed by atoms with Crippen molar-refractivity contribution in [1.82, 2.24) is 10.2 Å². The van der Waals surface area contributed by atoms with E-state index in [4.69, 9.17) is 23.2 Å². The van der Waals surface area contributed by atoms with Crippen molar-refractivity contribution in [1.29, 1.82) is 0 Å². The monoisotopic (exact) mass is 498 g/mol. The van der Waals surface area contributed by atoms with Crippen LogP contribution < -0.4 is 5.32 Å². The summed E-state index contributed by atoms with van der Waals surface area (Å²) >= 11 is 13.6. The van der Waals surface area contributed by atoms with E-state index < -0.39 is 6.04 Å². The van der Waals surface area contributed by atoms with Crippen LogP contribution in [-0.2, 0) is 21.9 Å². The number of hydrogen-bond acceptors (Lipinski definition) is 3. The van der Waals surface area contributed by atoms with Gasteiger partial charge >= 0.3 is 0 Å². The minimum Gasteiger partial charge on any atom is -0.354 e. The van der Waals surface area contributed by atoms with E-state index in [0.29, 0.717) is 34.7 Å². The van der Waals surface area contributed by atoms with Gasteiger partial charge in [-0.05, 0) is 47.7 Å². The number of nitrogens with zero attached hydrogens (tertiary/aromatic N) is 1. The fourth-order valence-corrected chi connectivity index (χ4v) is 4.57. The SMILES string of the molecule is CCC(C(=O)NCC(C)C)N(Cc1ccc(F)cc1)C(=O)CSCc1ccc(Cl)cc1Cl. The lowest BCUT2D eigenvalue weighted by Crippen LogP contribution is -2.50. The van der Waals surface area contributed by atoms with Gasteiger partial charge in [0.1, 0.15) is 11.9 Å². The minimum absolute atomic E-state index is 0.157. The molecule has 0 saturated carbocycles. The standard InChI is InChI=1S/C24H29Cl2FN2O2S/c1-4-22(24(31)28-12-16(2)3)29(13-17-5-9-20(27)10-6-17)23(30)15-32-14-18-7-8-19(25)11-21(18)26/h5-11,16,22H,4,12-15H2,1-3H3,(H,28,31). The number of rotatable bonds is 11. The van der Waals surface area contributed by atoms with E-state index in [2.05, 4.69) is 5.32 Å². The van der Waals surface area contributed by atoms with Crippen molar-refractivity contribution < 1.29 is 14.0 Å². The molecule has 0 saturated heterocycles. The third-order valence-electron chi connectivity index (χ3n) is 4.83. The first-order chi connectivity index (χ1) is 15.2. The minimum atomic E-state index is -0.606. The van der Waals surface area contributed by atoms with Crippen molar-refractivity contribution in [3.05, 3.63) is 69.5 Å². The third kappa shape index (κ3) is 8.30. The molecule has 2 aromatic rings. The van der Waals surface area contributed by atoms with E-state index >= 15 is 0 Å². The van der Waals surface area contributed by atoms with Gasteiger partial charge in [0.15, 0.2) is 0 Å². The fourth-order valence-electron chi connectivity index (χ4n) is 3.10. The molecule has 0 radical (unpaired) electrons. The molecule has 0 spiro atoms. The molecule has 2 aromatic carbocycles. The predicted molar refractivity (Wildman–Crippen MR) is 132 cm³/mol. The maximum absolute atomic E-state index is 13.3. The number of halogens is 3. The van der Waals surface area contributed by atoms with Crippen LogP contribution in [0.2, 0.25) is 10.0 Å². The smallest absolute Gasteiger partial charge is 0.242 e. The Bertz CT molecular complexity index is 909. The van der Waals surface area contributed by atoms with E-state index in [0.717, 1.165) is 11.1 Å². The zero-order chi connectivity index (χ0) is 23.7. The van der Waals surface area contributed by atoms with Crippen molar-refractivity contribution >= 4 is 46.8 Å². The average Bonchev–Trinajstić information content (AvgIpc) is 2.74. The Morgan fingerprint density at radius 1 is 1.12 bits per heavy atom. The second kappa shape index (κ2) is 13.1. The first-order valence-corrected chi connectivity index (χ1v) is 12.5. The summed E-state index contributed by atoms with van der Waals surface area (Å²) in [5.74, 6) is 0.357. The van der Waals surface area contributed by atoms with Crippen LogP contribution in [0.15, 0.2) is 42.5 Å². The van der Waals surface area contributed by atoms with Gasteiger partial charge in [-0.25, -0.2) is 4.39 Å². The van der Waals surface area contributed by atoms with Crippen LogP contribution >= 0.6 is 35.0 Å². The summed E-state index contributed by atoms with van der Waals surface area (Å²) in [7, 11) is 0. The molecule has 174 valence electrons. The maximum atomic E-state index is 13.3. The van der Waals surface area contributed by atoms with Crippen molar-refractivity contribution in [3.8, 4) is 0 Å². The molecule has 1 atom stereocenters. The van der Waals surface area contributed by atoms with Crippen LogP contribution in [-0.4, -0.2) is 35.1 Å².